The maximum absolute atomic E-state index is 10.8. The van der Waals surface area contributed by atoms with E-state index in [1.165, 1.54) is 6.07 Å². The number of nitrogens with zero attached hydrogens (tertiary/aromatic N) is 2. The van der Waals surface area contributed by atoms with E-state index >= 15 is 0 Å². The molecule has 1 unspecified atom stereocenters. The highest BCUT2D eigenvalue weighted by Gasteiger charge is 2.08. The van der Waals surface area contributed by atoms with E-state index in [1.54, 1.807) is 25.1 Å². The van der Waals surface area contributed by atoms with Gasteiger partial charge in [-0.05, 0) is 47.2 Å². The number of aromatic nitrogens is 1. The standard InChI is InChI=1S/C10H11IN3O2P/c1-6(12)5-9(14-17-11)7-3-2-4-8(13-7)10(15)16/h2-5,17H,12H2,1H3,(H,15,16). The van der Waals surface area contributed by atoms with Gasteiger partial charge in [0, 0.05) is 5.70 Å². The quantitative estimate of drug-likeness (QED) is 0.489. The van der Waals surface area contributed by atoms with Crippen LogP contribution in [0.4, 0.5) is 0 Å². The maximum atomic E-state index is 10.8. The summed E-state index contributed by atoms with van der Waals surface area (Å²) in [7, 11) is 0. The minimum Gasteiger partial charge on any atom is -0.477 e. The topological polar surface area (TPSA) is 88.6 Å². The van der Waals surface area contributed by atoms with Crippen molar-refractivity contribution in [3.63, 3.8) is 0 Å². The van der Waals surface area contributed by atoms with E-state index in [1.807, 2.05) is 0 Å². The highest BCUT2D eigenvalue weighted by atomic mass is 127. The van der Waals surface area contributed by atoms with E-state index in [-0.39, 0.29) is 5.69 Å². The summed E-state index contributed by atoms with van der Waals surface area (Å²) in [4.78, 5) is 14.8. The Labute approximate surface area is 114 Å². The maximum Gasteiger partial charge on any atom is 0.354 e. The van der Waals surface area contributed by atoms with Crippen LogP contribution < -0.4 is 5.73 Å². The molecule has 1 aromatic heterocycles. The van der Waals surface area contributed by atoms with E-state index < -0.39 is 5.97 Å². The molecule has 1 atom stereocenters. The second-order valence-corrected chi connectivity index (χ2v) is 5.02. The van der Waals surface area contributed by atoms with Crippen molar-refractivity contribution in [1.29, 1.82) is 0 Å². The van der Waals surface area contributed by atoms with Gasteiger partial charge in [-0.1, -0.05) is 6.07 Å². The zero-order valence-corrected chi connectivity index (χ0v) is 12.2. The van der Waals surface area contributed by atoms with Crippen LogP contribution in [0.15, 0.2) is 34.7 Å². The number of rotatable bonds is 4. The number of aromatic carboxylic acids is 1. The van der Waals surface area contributed by atoms with Crippen molar-refractivity contribution >= 4 is 40.1 Å². The summed E-state index contributed by atoms with van der Waals surface area (Å²) in [6, 6.07) is 4.79. The Morgan fingerprint density at radius 2 is 2.24 bits per heavy atom. The van der Waals surface area contributed by atoms with Gasteiger partial charge in [-0.25, -0.2) is 9.78 Å². The van der Waals surface area contributed by atoms with Crippen molar-refractivity contribution in [1.82, 2.24) is 4.98 Å². The third-order valence-corrected chi connectivity index (χ3v) is 2.81. The lowest BCUT2D eigenvalue weighted by molar-refractivity contribution is 0.0690. The van der Waals surface area contributed by atoms with E-state index in [0.717, 1.165) is 0 Å². The molecule has 0 saturated carbocycles. The molecule has 0 aliphatic rings. The number of hydrogen-bond donors (Lipinski definition) is 2. The van der Waals surface area contributed by atoms with Gasteiger partial charge in [-0.3, -0.25) is 4.76 Å². The summed E-state index contributed by atoms with van der Waals surface area (Å²) in [6.07, 6.45) is 2.01. The SMILES string of the molecule is CC(N)=CC(=NPI)c1cccc(C(=O)O)n1. The second kappa shape index (κ2) is 6.66. The van der Waals surface area contributed by atoms with Gasteiger partial charge in [0.25, 0.3) is 0 Å². The number of allylic oxidation sites excluding steroid dienone is 2. The molecular formula is C10H11IN3O2P. The number of hydrogen-bond acceptors (Lipinski definition) is 4. The van der Waals surface area contributed by atoms with Crippen LogP contribution in [0.5, 0.6) is 0 Å². The van der Waals surface area contributed by atoms with Gasteiger partial charge in [0.2, 0.25) is 0 Å². The molecule has 0 aliphatic heterocycles. The van der Waals surface area contributed by atoms with Gasteiger partial charge in [0.05, 0.1) is 17.8 Å². The van der Waals surface area contributed by atoms with Crippen LogP contribution in [-0.2, 0) is 0 Å². The van der Waals surface area contributed by atoms with Crippen molar-refractivity contribution in [2.24, 2.45) is 10.5 Å². The molecule has 1 heterocycles. The van der Waals surface area contributed by atoms with Crippen LogP contribution in [0.2, 0.25) is 0 Å². The predicted molar refractivity (Wildman–Crippen MR) is 78.0 cm³/mol. The van der Waals surface area contributed by atoms with Gasteiger partial charge in [0.1, 0.15) is 5.69 Å². The monoisotopic (exact) mass is 363 g/mol. The number of carbonyl (C=O) groups is 1. The zero-order valence-electron chi connectivity index (χ0n) is 9.01. The molecule has 3 N–H and O–H groups in total. The molecule has 0 bridgehead atoms. The highest BCUT2D eigenvalue weighted by Crippen LogP contribution is 2.23. The fourth-order valence-electron chi connectivity index (χ4n) is 1.12. The molecule has 0 aromatic carbocycles. The van der Waals surface area contributed by atoms with Gasteiger partial charge in [-0.15, -0.1) is 0 Å². The smallest absolute Gasteiger partial charge is 0.354 e. The highest BCUT2D eigenvalue weighted by molar-refractivity contribution is 14.2. The molecular weight excluding hydrogens is 352 g/mol. The normalized spacial score (nSPS) is 13.3. The Bertz CT molecular complexity index is 484. The Balaban J connectivity index is 3.20. The average molecular weight is 363 g/mol. The summed E-state index contributed by atoms with van der Waals surface area (Å²) < 4.78 is 4.25. The number of carboxylic acids is 1. The fourth-order valence-corrected chi connectivity index (χ4v) is 2.17. The summed E-state index contributed by atoms with van der Waals surface area (Å²) in [5, 5.41) is 8.86. The van der Waals surface area contributed by atoms with Crippen LogP contribution >= 0.6 is 28.4 Å². The lowest BCUT2D eigenvalue weighted by atomic mass is 10.2. The van der Waals surface area contributed by atoms with E-state index in [2.05, 4.69) is 31.8 Å². The Hall–Kier alpha value is -1.01. The molecule has 17 heavy (non-hydrogen) atoms. The van der Waals surface area contributed by atoms with Crippen LogP contribution in [0.3, 0.4) is 0 Å². The first-order chi connectivity index (χ1) is 8.04. The fraction of sp³-hybridized carbons (Fsp3) is 0.100. The van der Waals surface area contributed by atoms with Crippen LogP contribution in [0.25, 0.3) is 0 Å². The molecule has 0 fully saturated rings. The van der Waals surface area contributed by atoms with Gasteiger partial charge in [0.15, 0.2) is 0 Å². The molecule has 0 aliphatic carbocycles. The second-order valence-electron chi connectivity index (χ2n) is 3.18. The van der Waals surface area contributed by atoms with E-state index in [9.17, 15) is 4.79 Å². The van der Waals surface area contributed by atoms with Crippen molar-refractivity contribution in [3.8, 4) is 0 Å². The average Bonchev–Trinajstić information content (AvgIpc) is 2.28. The minimum absolute atomic E-state index is 0.00457. The van der Waals surface area contributed by atoms with E-state index in [4.69, 9.17) is 10.8 Å². The molecule has 1 aromatic rings. The molecule has 0 spiro atoms. The first-order valence-electron chi connectivity index (χ1n) is 4.62. The number of carboxylic acid groups (broad SMARTS) is 1. The zero-order chi connectivity index (χ0) is 12.8. The molecule has 0 amide bonds. The van der Waals surface area contributed by atoms with Crippen LogP contribution in [0.1, 0.15) is 23.1 Å². The summed E-state index contributed by atoms with van der Waals surface area (Å²) in [5.41, 5.74) is 7.30. The van der Waals surface area contributed by atoms with Gasteiger partial charge < -0.3 is 10.8 Å². The Morgan fingerprint density at radius 1 is 1.59 bits per heavy atom. The predicted octanol–water partition coefficient (Wildman–Crippen LogP) is 2.37. The number of halogens is 1. The van der Waals surface area contributed by atoms with Crippen molar-refractivity contribution < 1.29 is 9.90 Å². The molecule has 1 rings (SSSR count). The van der Waals surface area contributed by atoms with Gasteiger partial charge in [-0.2, -0.15) is 0 Å². The van der Waals surface area contributed by atoms with Crippen molar-refractivity contribution in [3.05, 3.63) is 41.4 Å². The first kappa shape index (κ1) is 14.1. The molecule has 90 valence electrons. The van der Waals surface area contributed by atoms with Gasteiger partial charge >= 0.3 is 5.97 Å². The summed E-state index contributed by atoms with van der Waals surface area (Å²) in [6.45, 7) is 1.74. The molecule has 5 nitrogen and oxygen atoms in total. The van der Waals surface area contributed by atoms with E-state index in [0.29, 0.717) is 23.5 Å². The third kappa shape index (κ3) is 4.40. The Morgan fingerprint density at radius 3 is 2.76 bits per heavy atom. The van der Waals surface area contributed by atoms with Crippen LogP contribution in [-0.4, -0.2) is 21.8 Å². The largest absolute Gasteiger partial charge is 0.477 e. The summed E-state index contributed by atoms with van der Waals surface area (Å²) in [5.74, 6) is -1.06. The lowest BCUT2D eigenvalue weighted by Gasteiger charge is -2.02. The summed E-state index contributed by atoms with van der Waals surface area (Å²) >= 11 is 2.12. The lowest BCUT2D eigenvalue weighted by Crippen LogP contribution is -2.07. The minimum atomic E-state index is -1.06. The number of pyridine rings is 1. The van der Waals surface area contributed by atoms with Crippen LogP contribution in [0, 0.1) is 0 Å². The van der Waals surface area contributed by atoms with Crippen molar-refractivity contribution in [2.45, 2.75) is 6.92 Å². The molecule has 7 heteroatoms. The first-order valence-corrected chi connectivity index (χ1v) is 8.68. The Kier molecular flexibility index (Phi) is 5.50. The third-order valence-electron chi connectivity index (χ3n) is 1.76. The number of nitrogens with two attached hydrogens (primary N) is 1. The van der Waals surface area contributed by atoms with Crippen molar-refractivity contribution in [2.75, 3.05) is 0 Å². The molecule has 0 saturated heterocycles. The molecule has 0 radical (unpaired) electrons.